The molecule has 0 fully saturated rings. The second-order valence-electron chi connectivity index (χ2n) is 4.43. The summed E-state index contributed by atoms with van der Waals surface area (Å²) in [6.07, 6.45) is 0. The molecule has 1 aromatic rings. The van der Waals surface area contributed by atoms with Crippen LogP contribution in [0.2, 0.25) is 0 Å². The molecule has 17 heavy (non-hydrogen) atoms. The van der Waals surface area contributed by atoms with E-state index in [0.29, 0.717) is 13.1 Å². The molecule has 1 amide bonds. The van der Waals surface area contributed by atoms with E-state index in [1.165, 1.54) is 0 Å². The predicted molar refractivity (Wildman–Crippen MR) is 70.7 cm³/mol. The van der Waals surface area contributed by atoms with Crippen LogP contribution in [0.15, 0.2) is 4.47 Å². The predicted octanol–water partition coefficient (Wildman–Crippen LogP) is 1.01. The average molecular weight is 303 g/mol. The topological polar surface area (TPSA) is 41.4 Å². The van der Waals surface area contributed by atoms with Crippen molar-refractivity contribution in [2.45, 2.75) is 13.5 Å². The van der Waals surface area contributed by atoms with E-state index in [-0.39, 0.29) is 5.91 Å². The summed E-state index contributed by atoms with van der Waals surface area (Å²) < 4.78 is 2.86. The van der Waals surface area contributed by atoms with Crippen molar-refractivity contribution in [3.63, 3.8) is 0 Å². The minimum Gasteiger partial charge on any atom is -0.348 e. The Labute approximate surface area is 111 Å². The lowest BCUT2D eigenvalue weighted by Crippen LogP contribution is -2.34. The molecule has 0 saturated carbocycles. The zero-order valence-corrected chi connectivity index (χ0v) is 12.6. The highest BCUT2D eigenvalue weighted by atomic mass is 79.9. The van der Waals surface area contributed by atoms with Gasteiger partial charge < -0.3 is 4.90 Å². The van der Waals surface area contributed by atoms with Gasteiger partial charge >= 0.3 is 0 Å². The van der Waals surface area contributed by atoms with Crippen LogP contribution >= 0.6 is 15.9 Å². The third-order valence-corrected chi connectivity index (χ3v) is 3.62. The Morgan fingerprint density at radius 3 is 2.41 bits per heavy atom. The van der Waals surface area contributed by atoms with Crippen molar-refractivity contribution in [2.75, 3.05) is 27.7 Å². The molecular weight excluding hydrogens is 284 g/mol. The van der Waals surface area contributed by atoms with Crippen LogP contribution in [-0.4, -0.2) is 53.2 Å². The van der Waals surface area contributed by atoms with Gasteiger partial charge in [-0.1, -0.05) is 0 Å². The third-order valence-electron chi connectivity index (χ3n) is 2.59. The Hall–Kier alpha value is -0.880. The van der Waals surface area contributed by atoms with E-state index in [1.54, 1.807) is 19.0 Å². The van der Waals surface area contributed by atoms with Crippen LogP contribution in [0.5, 0.6) is 0 Å². The number of hydrogen-bond donors (Lipinski definition) is 0. The molecule has 0 aliphatic rings. The minimum absolute atomic E-state index is 0.0995. The number of amides is 1. The van der Waals surface area contributed by atoms with Crippen molar-refractivity contribution in [3.05, 3.63) is 15.9 Å². The van der Waals surface area contributed by atoms with Crippen molar-refractivity contribution in [1.29, 1.82) is 0 Å². The van der Waals surface area contributed by atoms with Gasteiger partial charge in [0.15, 0.2) is 0 Å². The maximum Gasteiger partial charge on any atom is 0.236 e. The summed E-state index contributed by atoms with van der Waals surface area (Å²) in [4.78, 5) is 15.1. The largest absolute Gasteiger partial charge is 0.348 e. The highest BCUT2D eigenvalue weighted by Crippen LogP contribution is 2.21. The number of nitrogens with zero attached hydrogens (tertiary/aromatic N) is 4. The lowest BCUT2D eigenvalue weighted by Gasteiger charge is -2.19. The van der Waals surface area contributed by atoms with E-state index in [1.807, 2.05) is 30.6 Å². The van der Waals surface area contributed by atoms with Crippen molar-refractivity contribution in [2.24, 2.45) is 7.05 Å². The Bertz CT molecular complexity index is 414. The van der Waals surface area contributed by atoms with Gasteiger partial charge in [-0.15, -0.1) is 0 Å². The van der Waals surface area contributed by atoms with Gasteiger partial charge in [-0.3, -0.25) is 14.4 Å². The maximum atomic E-state index is 11.6. The van der Waals surface area contributed by atoms with Crippen LogP contribution in [0.1, 0.15) is 11.4 Å². The molecule has 1 aromatic heterocycles. The fourth-order valence-electron chi connectivity index (χ4n) is 1.54. The Morgan fingerprint density at radius 1 is 1.41 bits per heavy atom. The zero-order chi connectivity index (χ0) is 13.2. The highest BCUT2D eigenvalue weighted by Gasteiger charge is 2.14. The first-order valence-corrected chi connectivity index (χ1v) is 6.19. The molecule has 0 N–H and O–H groups in total. The van der Waals surface area contributed by atoms with Crippen molar-refractivity contribution < 1.29 is 4.79 Å². The molecule has 0 spiro atoms. The minimum atomic E-state index is 0.0995. The second kappa shape index (κ2) is 5.64. The summed E-state index contributed by atoms with van der Waals surface area (Å²) in [5.74, 6) is 0.0995. The molecular formula is C11H19BrN4O. The number of hydrogen-bond acceptors (Lipinski definition) is 3. The summed E-state index contributed by atoms with van der Waals surface area (Å²) in [6, 6.07) is 0. The molecule has 0 aromatic carbocycles. The van der Waals surface area contributed by atoms with Crippen LogP contribution in [0.3, 0.4) is 0 Å². The van der Waals surface area contributed by atoms with Gasteiger partial charge in [0.25, 0.3) is 0 Å². The zero-order valence-electron chi connectivity index (χ0n) is 11.0. The van der Waals surface area contributed by atoms with Crippen LogP contribution in [0, 0.1) is 6.92 Å². The molecule has 0 atom stereocenters. The summed E-state index contributed by atoms with van der Waals surface area (Å²) in [7, 11) is 7.37. The fraction of sp³-hybridized carbons (Fsp3) is 0.636. The van der Waals surface area contributed by atoms with E-state index in [2.05, 4.69) is 21.0 Å². The first kappa shape index (κ1) is 14.2. The van der Waals surface area contributed by atoms with E-state index in [4.69, 9.17) is 0 Å². The summed E-state index contributed by atoms with van der Waals surface area (Å²) in [5, 5.41) is 4.33. The Kier molecular flexibility index (Phi) is 4.70. The van der Waals surface area contributed by atoms with Gasteiger partial charge in [0.2, 0.25) is 5.91 Å². The molecule has 0 unspecified atom stereocenters. The van der Waals surface area contributed by atoms with Gasteiger partial charge in [-0.2, -0.15) is 5.10 Å². The molecule has 96 valence electrons. The molecule has 6 heteroatoms. The van der Waals surface area contributed by atoms with Crippen molar-refractivity contribution in [3.8, 4) is 0 Å². The summed E-state index contributed by atoms with van der Waals surface area (Å²) >= 11 is 3.52. The number of aryl methyl sites for hydroxylation is 2. The Balaban J connectivity index is 2.68. The fourth-order valence-corrected chi connectivity index (χ4v) is 2.00. The first-order valence-electron chi connectivity index (χ1n) is 5.39. The molecule has 0 bridgehead atoms. The molecule has 0 aliphatic carbocycles. The van der Waals surface area contributed by atoms with Gasteiger partial charge in [0.1, 0.15) is 0 Å². The van der Waals surface area contributed by atoms with Gasteiger partial charge in [0, 0.05) is 27.7 Å². The van der Waals surface area contributed by atoms with Crippen LogP contribution in [-0.2, 0) is 18.4 Å². The monoisotopic (exact) mass is 302 g/mol. The number of carbonyl (C=O) groups excluding carboxylic acids is 1. The highest BCUT2D eigenvalue weighted by molar-refractivity contribution is 9.10. The van der Waals surface area contributed by atoms with Crippen molar-refractivity contribution >= 4 is 21.8 Å². The average Bonchev–Trinajstić information content (AvgIpc) is 2.45. The number of halogens is 1. The normalized spacial score (nSPS) is 11.0. The SMILES string of the molecule is Cc1nn(C)c(CN(C)CC(=O)N(C)C)c1Br. The second-order valence-corrected chi connectivity index (χ2v) is 5.22. The molecule has 0 saturated heterocycles. The van der Waals surface area contributed by atoms with Crippen molar-refractivity contribution in [1.82, 2.24) is 19.6 Å². The quantitative estimate of drug-likeness (QED) is 0.834. The number of rotatable bonds is 4. The Morgan fingerprint density at radius 2 is 2.00 bits per heavy atom. The van der Waals surface area contributed by atoms with E-state index in [0.717, 1.165) is 15.9 Å². The first-order chi connectivity index (χ1) is 7.82. The van der Waals surface area contributed by atoms with Gasteiger partial charge in [0.05, 0.1) is 22.4 Å². The lowest BCUT2D eigenvalue weighted by atomic mass is 10.3. The maximum absolute atomic E-state index is 11.6. The molecule has 5 nitrogen and oxygen atoms in total. The standard InChI is InChI=1S/C11H19BrN4O/c1-8-11(12)9(16(5)13-8)6-15(4)7-10(17)14(2)3/h6-7H2,1-5H3. The molecule has 1 heterocycles. The van der Waals surface area contributed by atoms with E-state index < -0.39 is 0 Å². The van der Waals surface area contributed by atoms with Crippen LogP contribution in [0.4, 0.5) is 0 Å². The van der Waals surface area contributed by atoms with E-state index >= 15 is 0 Å². The lowest BCUT2D eigenvalue weighted by molar-refractivity contribution is -0.129. The molecule has 0 radical (unpaired) electrons. The molecule has 1 rings (SSSR count). The van der Waals surface area contributed by atoms with E-state index in [9.17, 15) is 4.79 Å². The number of likely N-dealkylation sites (N-methyl/N-ethyl adjacent to an activating group) is 2. The summed E-state index contributed by atoms with van der Waals surface area (Å²) in [5.41, 5.74) is 2.05. The number of carbonyl (C=O) groups is 1. The van der Waals surface area contributed by atoms with Crippen LogP contribution < -0.4 is 0 Å². The van der Waals surface area contributed by atoms with Crippen LogP contribution in [0.25, 0.3) is 0 Å². The third kappa shape index (κ3) is 3.54. The molecule has 0 aliphatic heterocycles. The van der Waals surface area contributed by atoms with Gasteiger partial charge in [-0.25, -0.2) is 0 Å². The smallest absolute Gasteiger partial charge is 0.236 e. The summed E-state index contributed by atoms with van der Waals surface area (Å²) in [6.45, 7) is 3.06. The van der Waals surface area contributed by atoms with Gasteiger partial charge in [-0.05, 0) is 29.9 Å². The number of aromatic nitrogens is 2.